The normalized spacial score (nSPS) is 23.6. The highest BCUT2D eigenvalue weighted by Crippen LogP contribution is 2.47. The van der Waals surface area contributed by atoms with Crippen LogP contribution in [0.4, 0.5) is 5.69 Å². The van der Waals surface area contributed by atoms with E-state index in [1.165, 1.54) is 0 Å². The highest BCUT2D eigenvalue weighted by molar-refractivity contribution is 5.93. The number of fused-ring (bicyclic) bond motifs is 3. The molecule has 202 valence electrons. The quantitative estimate of drug-likeness (QED) is 0.392. The first-order valence-electron chi connectivity index (χ1n) is 13.9. The zero-order valence-corrected chi connectivity index (χ0v) is 21.8. The Labute approximate surface area is 228 Å². The number of hydrogen-bond donors (Lipinski definition) is 3. The molecule has 1 saturated carbocycles. The van der Waals surface area contributed by atoms with Crippen molar-refractivity contribution in [1.82, 2.24) is 5.32 Å². The van der Waals surface area contributed by atoms with Crippen LogP contribution < -0.4 is 15.4 Å². The van der Waals surface area contributed by atoms with Crippen molar-refractivity contribution >= 4 is 17.5 Å². The predicted molar refractivity (Wildman–Crippen MR) is 148 cm³/mol. The van der Waals surface area contributed by atoms with Crippen LogP contribution in [0, 0.1) is 5.92 Å². The van der Waals surface area contributed by atoms with Crippen molar-refractivity contribution in [3.05, 3.63) is 83.9 Å². The lowest BCUT2D eigenvalue weighted by Gasteiger charge is -2.37. The summed E-state index contributed by atoms with van der Waals surface area (Å²) in [4.78, 5) is 25.3. The van der Waals surface area contributed by atoms with E-state index in [-0.39, 0.29) is 48.9 Å². The van der Waals surface area contributed by atoms with Gasteiger partial charge in [0.15, 0.2) is 0 Å². The smallest absolute Gasteiger partial charge is 0.227 e. The summed E-state index contributed by atoms with van der Waals surface area (Å²) in [7, 11) is 0. The molecule has 3 aliphatic rings. The fourth-order valence-corrected chi connectivity index (χ4v) is 5.81. The van der Waals surface area contributed by atoms with Gasteiger partial charge in [-0.3, -0.25) is 9.59 Å². The number of hydrogen-bond acceptors (Lipinski definition) is 5. The summed E-state index contributed by atoms with van der Waals surface area (Å²) >= 11 is 0. The maximum Gasteiger partial charge on any atom is 0.227 e. The van der Waals surface area contributed by atoms with E-state index in [4.69, 9.17) is 9.47 Å². The molecule has 7 nitrogen and oxygen atoms in total. The number of carbonyl (C=O) groups excluding carboxylic acids is 2. The van der Waals surface area contributed by atoms with Gasteiger partial charge in [0.1, 0.15) is 18.0 Å². The Morgan fingerprint density at radius 2 is 1.72 bits per heavy atom. The van der Waals surface area contributed by atoms with Crippen molar-refractivity contribution in [3.8, 4) is 16.9 Å². The largest absolute Gasteiger partial charge is 0.487 e. The molecule has 2 fully saturated rings. The standard InChI is InChI=1S/C32H34N2O5/c35-19-29-31-27(26-15-24(13-14-28(26)39-31)34-32(37)23-7-4-8-23)16-25(38-29)17-30(36)33-18-20-9-11-22(12-10-20)21-5-2-1-3-6-21/h1-3,5-6,9-15,23,25,27,29,31,35H,4,7-8,16-19H2,(H,33,36)(H,34,37)/t25-,27+,29+,31-/m0/s1. The van der Waals surface area contributed by atoms with Gasteiger partial charge in [0.2, 0.25) is 11.8 Å². The molecule has 0 bridgehead atoms. The van der Waals surface area contributed by atoms with Gasteiger partial charge in [-0.1, -0.05) is 61.0 Å². The molecule has 1 aliphatic carbocycles. The summed E-state index contributed by atoms with van der Waals surface area (Å²) in [5.74, 6) is 0.811. The van der Waals surface area contributed by atoms with E-state index in [0.717, 1.165) is 53.0 Å². The fourth-order valence-electron chi connectivity index (χ4n) is 5.81. The third-order valence-corrected chi connectivity index (χ3v) is 8.21. The molecule has 3 aromatic carbocycles. The number of anilines is 1. The van der Waals surface area contributed by atoms with Gasteiger partial charge in [-0.15, -0.1) is 0 Å². The Hall–Kier alpha value is -3.68. The second-order valence-electron chi connectivity index (χ2n) is 10.8. The molecule has 1 saturated heterocycles. The van der Waals surface area contributed by atoms with E-state index in [2.05, 4.69) is 34.9 Å². The van der Waals surface area contributed by atoms with Gasteiger partial charge < -0.3 is 25.2 Å². The van der Waals surface area contributed by atoms with E-state index in [0.29, 0.717) is 13.0 Å². The van der Waals surface area contributed by atoms with Crippen LogP contribution in [-0.4, -0.2) is 41.8 Å². The third-order valence-electron chi connectivity index (χ3n) is 8.21. The Morgan fingerprint density at radius 3 is 2.44 bits per heavy atom. The summed E-state index contributed by atoms with van der Waals surface area (Å²) in [5, 5.41) is 16.1. The summed E-state index contributed by atoms with van der Waals surface area (Å²) in [5.41, 5.74) is 5.07. The fraction of sp³-hybridized carbons (Fsp3) is 0.375. The summed E-state index contributed by atoms with van der Waals surface area (Å²) in [6.45, 7) is 0.248. The van der Waals surface area contributed by atoms with E-state index >= 15 is 0 Å². The maximum absolute atomic E-state index is 12.8. The zero-order valence-electron chi connectivity index (χ0n) is 21.8. The Bertz CT molecular complexity index is 1320. The van der Waals surface area contributed by atoms with Gasteiger partial charge in [0.05, 0.1) is 19.1 Å². The number of amides is 2. The lowest BCUT2D eigenvalue weighted by atomic mass is 9.83. The van der Waals surface area contributed by atoms with E-state index in [1.807, 2.05) is 48.5 Å². The molecule has 0 aromatic heterocycles. The van der Waals surface area contributed by atoms with Crippen molar-refractivity contribution in [2.24, 2.45) is 5.92 Å². The van der Waals surface area contributed by atoms with Crippen LogP contribution in [0.2, 0.25) is 0 Å². The molecule has 0 spiro atoms. The van der Waals surface area contributed by atoms with Gasteiger partial charge in [-0.2, -0.15) is 0 Å². The summed E-state index contributed by atoms with van der Waals surface area (Å²) in [6, 6.07) is 24.1. The lowest BCUT2D eigenvalue weighted by Crippen LogP contribution is -2.47. The number of nitrogens with one attached hydrogen (secondary N) is 2. The Balaban J connectivity index is 1.07. The Kier molecular flexibility index (Phi) is 7.35. The first-order chi connectivity index (χ1) is 19.1. The molecule has 2 heterocycles. The topological polar surface area (TPSA) is 96.9 Å². The van der Waals surface area contributed by atoms with Gasteiger partial charge in [0.25, 0.3) is 0 Å². The summed E-state index contributed by atoms with van der Waals surface area (Å²) in [6.07, 6.45) is 2.64. The first kappa shape index (κ1) is 25.6. The molecule has 6 rings (SSSR count). The van der Waals surface area contributed by atoms with Crippen LogP contribution in [0.1, 0.15) is 49.1 Å². The molecule has 7 heteroatoms. The van der Waals surface area contributed by atoms with Crippen molar-refractivity contribution < 1.29 is 24.2 Å². The second kappa shape index (κ2) is 11.2. The highest BCUT2D eigenvalue weighted by Gasteiger charge is 2.46. The lowest BCUT2D eigenvalue weighted by molar-refractivity contribution is -0.142. The van der Waals surface area contributed by atoms with E-state index in [1.54, 1.807) is 0 Å². The van der Waals surface area contributed by atoms with Gasteiger partial charge in [-0.25, -0.2) is 0 Å². The molecule has 2 amide bonds. The average molecular weight is 527 g/mol. The van der Waals surface area contributed by atoms with Gasteiger partial charge in [0, 0.05) is 29.6 Å². The Morgan fingerprint density at radius 1 is 0.949 bits per heavy atom. The van der Waals surface area contributed by atoms with Crippen LogP contribution in [-0.2, 0) is 20.9 Å². The molecule has 3 N–H and O–H groups in total. The van der Waals surface area contributed by atoms with Gasteiger partial charge >= 0.3 is 0 Å². The van der Waals surface area contributed by atoms with Crippen molar-refractivity contribution in [3.63, 3.8) is 0 Å². The number of ether oxygens (including phenoxy) is 2. The monoisotopic (exact) mass is 526 g/mol. The summed E-state index contributed by atoms with van der Waals surface area (Å²) < 4.78 is 12.3. The average Bonchev–Trinajstić information content (AvgIpc) is 3.29. The first-order valence-corrected chi connectivity index (χ1v) is 13.9. The predicted octanol–water partition coefficient (Wildman–Crippen LogP) is 4.79. The molecule has 39 heavy (non-hydrogen) atoms. The third kappa shape index (κ3) is 5.56. The van der Waals surface area contributed by atoms with Crippen molar-refractivity contribution in [2.75, 3.05) is 11.9 Å². The molecule has 0 radical (unpaired) electrons. The minimum Gasteiger partial charge on any atom is -0.487 e. The van der Waals surface area contributed by atoms with Crippen LogP contribution in [0.25, 0.3) is 11.1 Å². The van der Waals surface area contributed by atoms with E-state index in [9.17, 15) is 14.7 Å². The molecule has 3 aromatic rings. The van der Waals surface area contributed by atoms with Crippen molar-refractivity contribution in [1.29, 1.82) is 0 Å². The number of carbonyl (C=O) groups is 2. The minimum absolute atomic E-state index is 0.0187. The second-order valence-corrected chi connectivity index (χ2v) is 10.8. The van der Waals surface area contributed by atoms with Crippen molar-refractivity contribution in [2.45, 2.75) is 62.9 Å². The van der Waals surface area contributed by atoms with Crippen LogP contribution in [0.3, 0.4) is 0 Å². The molecular formula is C32H34N2O5. The number of rotatable bonds is 8. The maximum atomic E-state index is 12.8. The molecule has 2 aliphatic heterocycles. The molecular weight excluding hydrogens is 492 g/mol. The highest BCUT2D eigenvalue weighted by atomic mass is 16.6. The minimum atomic E-state index is -0.521. The van der Waals surface area contributed by atoms with Crippen LogP contribution in [0.5, 0.6) is 5.75 Å². The van der Waals surface area contributed by atoms with Gasteiger partial charge in [-0.05, 0) is 54.2 Å². The molecule has 0 unspecified atom stereocenters. The number of aliphatic hydroxyl groups is 1. The SMILES string of the molecule is O=C(C[C@@H]1C[C@@H]2c3cc(NC(=O)C4CCC4)ccc3O[C@@H]2[C@@H](CO)O1)NCc1ccc(-c2ccccc2)cc1. The van der Waals surface area contributed by atoms with Crippen LogP contribution in [0.15, 0.2) is 72.8 Å². The van der Waals surface area contributed by atoms with E-state index < -0.39 is 6.10 Å². The van der Waals surface area contributed by atoms with Crippen LogP contribution >= 0.6 is 0 Å². The molecule has 4 atom stereocenters. The number of aliphatic hydroxyl groups excluding tert-OH is 1. The number of benzene rings is 3. The zero-order chi connectivity index (χ0) is 26.8.